The van der Waals surface area contributed by atoms with Gasteiger partial charge in [-0.2, -0.15) is 0 Å². The topological polar surface area (TPSA) is 35.2 Å². The Hall–Kier alpha value is -0.500. The van der Waals surface area contributed by atoms with Gasteiger partial charge in [0.2, 0.25) is 0 Å². The van der Waals surface area contributed by atoms with Crippen molar-refractivity contribution in [2.75, 3.05) is 6.61 Å². The van der Waals surface area contributed by atoms with E-state index in [1.807, 2.05) is 0 Å². The molecule has 5 rings (SSSR count). The zero-order chi connectivity index (χ0) is 12.4. The molecule has 0 amide bonds. The Bertz CT molecular complexity index is 386. The van der Waals surface area contributed by atoms with E-state index in [1.54, 1.807) is 0 Å². The van der Waals surface area contributed by atoms with Gasteiger partial charge in [-0.15, -0.1) is 0 Å². The maximum Gasteiger partial charge on any atom is 0.109 e. The highest BCUT2D eigenvalue weighted by Crippen LogP contribution is 2.66. The fourth-order valence-electron chi connectivity index (χ4n) is 6.12. The SMILES string of the molecule is CC12CC3CC(C1)CC(C(N)C1=CCCO1)(C3)C2. The van der Waals surface area contributed by atoms with Gasteiger partial charge in [0.05, 0.1) is 12.6 Å². The number of nitrogens with two attached hydrogens (primary N) is 1. The average Bonchev–Trinajstić information content (AvgIpc) is 2.77. The number of ether oxygens (including phenoxy) is 1. The third-order valence-electron chi connectivity index (χ3n) is 6.10. The van der Waals surface area contributed by atoms with Crippen LogP contribution in [0.3, 0.4) is 0 Å². The lowest BCUT2D eigenvalue weighted by atomic mass is 9.43. The third kappa shape index (κ3) is 1.51. The highest BCUT2D eigenvalue weighted by molar-refractivity contribution is 5.18. The number of hydrogen-bond acceptors (Lipinski definition) is 2. The minimum atomic E-state index is 0.172. The molecule has 0 radical (unpaired) electrons. The van der Waals surface area contributed by atoms with Crippen LogP contribution in [0.5, 0.6) is 0 Å². The van der Waals surface area contributed by atoms with Crippen LogP contribution in [0, 0.1) is 22.7 Å². The lowest BCUT2D eigenvalue weighted by Gasteiger charge is -2.63. The van der Waals surface area contributed by atoms with Crippen LogP contribution in [-0.2, 0) is 4.74 Å². The summed E-state index contributed by atoms with van der Waals surface area (Å²) in [5.74, 6) is 3.01. The Labute approximate surface area is 110 Å². The van der Waals surface area contributed by atoms with Gasteiger partial charge in [-0.25, -0.2) is 0 Å². The third-order valence-corrected chi connectivity index (χ3v) is 6.10. The Kier molecular flexibility index (Phi) is 2.22. The predicted octanol–water partition coefficient (Wildman–Crippen LogP) is 3.22. The molecule has 0 aromatic rings. The summed E-state index contributed by atoms with van der Waals surface area (Å²) < 4.78 is 5.77. The first-order chi connectivity index (χ1) is 8.59. The molecule has 0 aromatic heterocycles. The van der Waals surface area contributed by atoms with E-state index in [2.05, 4.69) is 13.0 Å². The summed E-state index contributed by atoms with van der Waals surface area (Å²) in [6.07, 6.45) is 11.8. The van der Waals surface area contributed by atoms with Crippen LogP contribution < -0.4 is 5.73 Å². The van der Waals surface area contributed by atoms with E-state index in [0.717, 1.165) is 30.6 Å². The average molecular weight is 247 g/mol. The molecule has 1 aliphatic heterocycles. The standard InChI is InChI=1S/C16H25NO/c1-15-6-11-5-12(7-15)9-16(8-11,10-15)14(17)13-3-2-4-18-13/h3,11-12,14H,2,4-10,17H2,1H3. The summed E-state index contributed by atoms with van der Waals surface area (Å²) in [5.41, 5.74) is 7.60. The maximum atomic E-state index is 6.64. The monoisotopic (exact) mass is 247 g/mol. The van der Waals surface area contributed by atoms with Crippen molar-refractivity contribution in [2.45, 2.75) is 57.9 Å². The molecule has 3 unspecified atom stereocenters. The van der Waals surface area contributed by atoms with Crippen LogP contribution >= 0.6 is 0 Å². The molecule has 2 heteroatoms. The van der Waals surface area contributed by atoms with Crippen LogP contribution in [0.4, 0.5) is 0 Å². The zero-order valence-electron chi connectivity index (χ0n) is 11.5. The van der Waals surface area contributed by atoms with Gasteiger partial charge < -0.3 is 10.5 Å². The van der Waals surface area contributed by atoms with Crippen molar-refractivity contribution in [3.8, 4) is 0 Å². The number of rotatable bonds is 2. The largest absolute Gasteiger partial charge is 0.496 e. The van der Waals surface area contributed by atoms with Crippen molar-refractivity contribution >= 4 is 0 Å². The summed E-state index contributed by atoms with van der Waals surface area (Å²) in [4.78, 5) is 0. The second-order valence-corrected chi connectivity index (χ2v) is 7.86. The van der Waals surface area contributed by atoms with Gasteiger partial charge in [0.25, 0.3) is 0 Å². The van der Waals surface area contributed by atoms with E-state index in [-0.39, 0.29) is 6.04 Å². The van der Waals surface area contributed by atoms with Gasteiger partial charge in [0, 0.05) is 6.42 Å². The van der Waals surface area contributed by atoms with Crippen LogP contribution in [-0.4, -0.2) is 12.6 Å². The molecule has 4 fully saturated rings. The molecule has 0 saturated heterocycles. The first-order valence-electron chi connectivity index (χ1n) is 7.67. The fourth-order valence-corrected chi connectivity index (χ4v) is 6.12. The minimum absolute atomic E-state index is 0.172. The van der Waals surface area contributed by atoms with Crippen LogP contribution in [0.2, 0.25) is 0 Å². The Morgan fingerprint density at radius 2 is 2.00 bits per heavy atom. The molecular weight excluding hydrogens is 222 g/mol. The van der Waals surface area contributed by atoms with E-state index in [9.17, 15) is 0 Å². The molecule has 2 nitrogen and oxygen atoms in total. The molecule has 100 valence electrons. The van der Waals surface area contributed by atoms with Gasteiger partial charge in [-0.1, -0.05) is 6.92 Å². The van der Waals surface area contributed by atoms with Gasteiger partial charge in [-0.3, -0.25) is 0 Å². The molecule has 0 spiro atoms. The fraction of sp³-hybridized carbons (Fsp3) is 0.875. The lowest BCUT2D eigenvalue weighted by Crippen LogP contribution is -2.58. The van der Waals surface area contributed by atoms with E-state index in [0.29, 0.717) is 10.8 Å². The van der Waals surface area contributed by atoms with E-state index in [4.69, 9.17) is 10.5 Å². The summed E-state index contributed by atoms with van der Waals surface area (Å²) in [5, 5.41) is 0. The lowest BCUT2D eigenvalue weighted by molar-refractivity contribution is -0.112. The van der Waals surface area contributed by atoms with Crippen LogP contribution in [0.25, 0.3) is 0 Å². The Balaban J connectivity index is 1.66. The molecular formula is C16H25NO. The molecule has 3 atom stereocenters. The van der Waals surface area contributed by atoms with Gasteiger partial charge in [0.1, 0.15) is 5.76 Å². The highest BCUT2D eigenvalue weighted by Gasteiger charge is 2.58. The Morgan fingerprint density at radius 1 is 1.28 bits per heavy atom. The smallest absolute Gasteiger partial charge is 0.109 e. The second-order valence-electron chi connectivity index (χ2n) is 7.86. The quantitative estimate of drug-likeness (QED) is 0.813. The summed E-state index contributed by atoms with van der Waals surface area (Å²) in [7, 11) is 0. The van der Waals surface area contributed by atoms with Crippen LogP contribution in [0.15, 0.2) is 11.8 Å². The molecule has 18 heavy (non-hydrogen) atoms. The zero-order valence-corrected chi connectivity index (χ0v) is 11.5. The van der Waals surface area contributed by atoms with Crippen molar-refractivity contribution in [2.24, 2.45) is 28.4 Å². The Morgan fingerprint density at radius 3 is 2.56 bits per heavy atom. The maximum absolute atomic E-state index is 6.64. The summed E-state index contributed by atoms with van der Waals surface area (Å²) in [6, 6.07) is 0.172. The normalized spacial score (nSPS) is 51.1. The molecule has 0 aromatic carbocycles. The second kappa shape index (κ2) is 3.53. The van der Waals surface area contributed by atoms with Crippen molar-refractivity contribution in [1.82, 2.24) is 0 Å². The van der Waals surface area contributed by atoms with E-state index < -0.39 is 0 Å². The number of hydrogen-bond donors (Lipinski definition) is 1. The first kappa shape index (κ1) is 11.3. The molecule has 1 heterocycles. The predicted molar refractivity (Wildman–Crippen MR) is 71.8 cm³/mol. The van der Waals surface area contributed by atoms with Crippen molar-refractivity contribution in [1.29, 1.82) is 0 Å². The van der Waals surface area contributed by atoms with E-state index >= 15 is 0 Å². The molecule has 2 N–H and O–H groups in total. The minimum Gasteiger partial charge on any atom is -0.496 e. The first-order valence-corrected chi connectivity index (χ1v) is 7.67. The molecule has 4 aliphatic carbocycles. The van der Waals surface area contributed by atoms with Gasteiger partial charge >= 0.3 is 0 Å². The van der Waals surface area contributed by atoms with Gasteiger partial charge in [0.15, 0.2) is 0 Å². The summed E-state index contributed by atoms with van der Waals surface area (Å²) in [6.45, 7) is 3.36. The molecule has 5 aliphatic rings. The summed E-state index contributed by atoms with van der Waals surface area (Å²) >= 11 is 0. The van der Waals surface area contributed by atoms with Crippen molar-refractivity contribution < 1.29 is 4.74 Å². The molecule has 4 saturated carbocycles. The van der Waals surface area contributed by atoms with Crippen molar-refractivity contribution in [3.63, 3.8) is 0 Å². The van der Waals surface area contributed by atoms with Crippen LogP contribution in [0.1, 0.15) is 51.9 Å². The van der Waals surface area contributed by atoms with Gasteiger partial charge in [-0.05, 0) is 67.3 Å². The highest BCUT2D eigenvalue weighted by atomic mass is 16.5. The molecule has 4 bridgehead atoms. The van der Waals surface area contributed by atoms with Crippen molar-refractivity contribution in [3.05, 3.63) is 11.8 Å². The van der Waals surface area contributed by atoms with E-state index in [1.165, 1.54) is 38.5 Å².